The van der Waals surface area contributed by atoms with Gasteiger partial charge in [-0.15, -0.1) is 0 Å². The van der Waals surface area contributed by atoms with Crippen molar-refractivity contribution in [1.82, 2.24) is 20.0 Å². The van der Waals surface area contributed by atoms with Crippen LogP contribution in [-0.2, 0) is 24.0 Å². The fourth-order valence-corrected chi connectivity index (χ4v) is 2.55. The van der Waals surface area contributed by atoms with Crippen LogP contribution in [-0.4, -0.2) is 146 Å². The molecule has 0 atom stereocenters. The van der Waals surface area contributed by atoms with Crippen LogP contribution in [0.15, 0.2) is 0 Å². The van der Waals surface area contributed by atoms with Gasteiger partial charge in [0.2, 0.25) is 5.91 Å². The molecule has 0 aliphatic carbocycles. The quantitative estimate of drug-likeness (QED) is 0.0956. The van der Waals surface area contributed by atoms with E-state index in [9.17, 15) is 34.2 Å². The van der Waals surface area contributed by atoms with Crippen molar-refractivity contribution in [2.45, 2.75) is 12.7 Å². The van der Waals surface area contributed by atoms with Crippen molar-refractivity contribution in [2.75, 3.05) is 65.4 Å². The summed E-state index contributed by atoms with van der Waals surface area (Å²) < 4.78 is 0. The molecule has 0 aromatic heterocycles. The average Bonchev–Trinajstić information content (AvgIpc) is 2.59. The minimum absolute atomic E-state index is 0.0153. The number of nitrogens with zero attached hydrogens (tertiary/aromatic N) is 3. The number of carboxylic acid groups (broad SMARTS) is 4. The Morgan fingerprint density at radius 2 is 0.938 bits per heavy atom. The van der Waals surface area contributed by atoms with Gasteiger partial charge < -0.3 is 36.0 Å². The number of carbonyl (C=O) groups is 5. The number of rotatable bonds is 18. The van der Waals surface area contributed by atoms with E-state index in [1.807, 2.05) is 0 Å². The number of amides is 1. The normalized spacial score (nSPS) is 11.7. The molecule has 0 bridgehead atoms. The summed E-state index contributed by atoms with van der Waals surface area (Å²) in [6.45, 7) is -2.16. The van der Waals surface area contributed by atoms with E-state index in [-0.39, 0.29) is 26.2 Å². The predicted octanol–water partition coefficient (Wildman–Crippen LogP) is -3.95. The van der Waals surface area contributed by atoms with E-state index in [2.05, 4.69) is 5.32 Å². The summed E-state index contributed by atoms with van der Waals surface area (Å²) in [7, 11) is 0. The van der Waals surface area contributed by atoms with Gasteiger partial charge in [0.25, 0.3) is 0 Å². The average molecular weight is 466 g/mol. The smallest absolute Gasteiger partial charge is 0.317 e. The van der Waals surface area contributed by atoms with Crippen LogP contribution in [0.2, 0.25) is 0 Å². The van der Waals surface area contributed by atoms with Crippen LogP contribution in [0.25, 0.3) is 0 Å². The fraction of sp³-hybridized carbons (Fsp3) is 0.706. The Morgan fingerprint density at radius 1 is 0.625 bits per heavy atom. The molecule has 0 radical (unpaired) electrons. The highest BCUT2D eigenvalue weighted by Gasteiger charge is 2.21. The largest absolute Gasteiger partial charge is 0.480 e. The first-order chi connectivity index (χ1) is 14.7. The number of aliphatic carboxylic acids is 4. The van der Waals surface area contributed by atoms with Crippen molar-refractivity contribution in [2.24, 2.45) is 0 Å². The molecule has 0 heterocycles. The standard InChI is InChI=1S/C17H30N4O11/c1-17(31,32)11-18-12(22)6-20(8-14(25)26)4-2-19(7-13(23)24)3-5-21(9-15(27)28)10-16(29)30/h31-32H,2-11H2,1H3,(H,18,22)(H,23,24)(H,25,26)(H,27,28)(H,29,30). The highest BCUT2D eigenvalue weighted by Crippen LogP contribution is 1.98. The summed E-state index contributed by atoms with van der Waals surface area (Å²) in [4.78, 5) is 59.5. The molecule has 0 saturated heterocycles. The minimum atomic E-state index is -2.15. The second-order valence-electron chi connectivity index (χ2n) is 7.27. The number of carboxylic acids is 4. The zero-order chi connectivity index (χ0) is 24.9. The Kier molecular flexibility index (Phi) is 13.0. The summed E-state index contributed by atoms with van der Waals surface area (Å²) in [6.07, 6.45) is 0. The molecule has 0 spiro atoms. The van der Waals surface area contributed by atoms with E-state index in [1.54, 1.807) is 0 Å². The summed E-state index contributed by atoms with van der Waals surface area (Å²) in [5.74, 6) is -7.79. The first kappa shape index (κ1) is 29.1. The van der Waals surface area contributed by atoms with Crippen molar-refractivity contribution in [3.8, 4) is 0 Å². The van der Waals surface area contributed by atoms with Gasteiger partial charge in [0.1, 0.15) is 0 Å². The van der Waals surface area contributed by atoms with Crippen molar-refractivity contribution in [3.05, 3.63) is 0 Å². The third kappa shape index (κ3) is 16.9. The Hall–Kier alpha value is -2.85. The number of nitrogens with one attached hydrogen (secondary N) is 1. The molecule has 0 unspecified atom stereocenters. The van der Waals surface area contributed by atoms with Gasteiger partial charge in [-0.3, -0.25) is 38.7 Å². The molecule has 0 aromatic rings. The lowest BCUT2D eigenvalue weighted by Crippen LogP contribution is -2.48. The summed E-state index contributed by atoms with van der Waals surface area (Å²) >= 11 is 0. The van der Waals surface area contributed by atoms with E-state index in [4.69, 9.17) is 20.4 Å². The van der Waals surface area contributed by atoms with Crippen molar-refractivity contribution < 1.29 is 54.6 Å². The maximum absolute atomic E-state index is 11.9. The van der Waals surface area contributed by atoms with Gasteiger partial charge in [0.05, 0.1) is 39.3 Å². The lowest BCUT2D eigenvalue weighted by atomic mass is 10.3. The second kappa shape index (κ2) is 14.3. The summed E-state index contributed by atoms with van der Waals surface area (Å²) in [5, 5.41) is 56.5. The molecule has 0 aliphatic heterocycles. The maximum Gasteiger partial charge on any atom is 0.317 e. The Labute approximate surface area is 183 Å². The lowest BCUT2D eigenvalue weighted by Gasteiger charge is -2.27. The van der Waals surface area contributed by atoms with E-state index >= 15 is 0 Å². The van der Waals surface area contributed by atoms with Crippen LogP contribution in [0, 0.1) is 0 Å². The highest BCUT2D eigenvalue weighted by atomic mass is 16.5. The Balaban J connectivity index is 5.00. The topological polar surface area (TPSA) is 228 Å². The minimum Gasteiger partial charge on any atom is -0.480 e. The highest BCUT2D eigenvalue weighted by molar-refractivity contribution is 5.79. The summed E-state index contributed by atoms with van der Waals surface area (Å²) in [6, 6.07) is 0. The van der Waals surface area contributed by atoms with E-state index in [1.165, 1.54) is 9.80 Å². The number of aliphatic hydroxyl groups is 2. The Morgan fingerprint density at radius 3 is 1.28 bits per heavy atom. The predicted molar refractivity (Wildman–Crippen MR) is 106 cm³/mol. The molecule has 0 saturated carbocycles. The molecule has 184 valence electrons. The van der Waals surface area contributed by atoms with Gasteiger partial charge in [-0.05, 0) is 6.92 Å². The van der Waals surface area contributed by atoms with Crippen LogP contribution in [0.5, 0.6) is 0 Å². The van der Waals surface area contributed by atoms with E-state index in [0.29, 0.717) is 0 Å². The van der Waals surface area contributed by atoms with Crippen LogP contribution in [0.1, 0.15) is 6.92 Å². The monoisotopic (exact) mass is 466 g/mol. The molecule has 0 aliphatic rings. The van der Waals surface area contributed by atoms with Crippen molar-refractivity contribution in [3.63, 3.8) is 0 Å². The number of hydrogen-bond donors (Lipinski definition) is 7. The SMILES string of the molecule is CC(O)(O)CNC(=O)CN(CCN(CCN(CC(=O)O)CC(=O)O)CC(=O)O)CC(=O)O. The van der Waals surface area contributed by atoms with E-state index in [0.717, 1.165) is 11.8 Å². The summed E-state index contributed by atoms with van der Waals surface area (Å²) in [5.41, 5.74) is 0. The van der Waals surface area contributed by atoms with Crippen LogP contribution in [0.4, 0.5) is 0 Å². The number of hydrogen-bond acceptors (Lipinski definition) is 10. The van der Waals surface area contributed by atoms with E-state index < -0.39 is 74.8 Å². The zero-order valence-electron chi connectivity index (χ0n) is 17.6. The van der Waals surface area contributed by atoms with Crippen molar-refractivity contribution in [1.29, 1.82) is 0 Å². The molecular formula is C17H30N4O11. The van der Waals surface area contributed by atoms with Gasteiger partial charge in [-0.2, -0.15) is 0 Å². The van der Waals surface area contributed by atoms with Crippen LogP contribution < -0.4 is 5.32 Å². The molecule has 0 fully saturated rings. The second-order valence-corrected chi connectivity index (χ2v) is 7.27. The molecular weight excluding hydrogens is 436 g/mol. The number of carbonyl (C=O) groups excluding carboxylic acids is 1. The fourth-order valence-electron chi connectivity index (χ4n) is 2.55. The van der Waals surface area contributed by atoms with Gasteiger partial charge in [0, 0.05) is 26.2 Å². The molecule has 32 heavy (non-hydrogen) atoms. The molecule has 15 nitrogen and oxygen atoms in total. The molecule has 15 heteroatoms. The zero-order valence-corrected chi connectivity index (χ0v) is 17.6. The molecule has 0 aromatic carbocycles. The third-order valence-electron chi connectivity index (χ3n) is 3.89. The maximum atomic E-state index is 11.9. The van der Waals surface area contributed by atoms with Gasteiger partial charge in [-0.1, -0.05) is 0 Å². The van der Waals surface area contributed by atoms with Gasteiger partial charge in [-0.25, -0.2) is 0 Å². The van der Waals surface area contributed by atoms with Crippen LogP contribution in [0.3, 0.4) is 0 Å². The first-order valence-electron chi connectivity index (χ1n) is 9.43. The van der Waals surface area contributed by atoms with Crippen LogP contribution >= 0.6 is 0 Å². The van der Waals surface area contributed by atoms with Gasteiger partial charge in [0.15, 0.2) is 5.79 Å². The first-order valence-corrected chi connectivity index (χ1v) is 9.43. The molecule has 1 amide bonds. The Bertz CT molecular complexity index is 649. The lowest BCUT2D eigenvalue weighted by molar-refractivity contribution is -0.148. The molecule has 0 rings (SSSR count). The van der Waals surface area contributed by atoms with Gasteiger partial charge >= 0.3 is 23.9 Å². The third-order valence-corrected chi connectivity index (χ3v) is 3.89. The molecule has 7 N–H and O–H groups in total. The van der Waals surface area contributed by atoms with Crippen molar-refractivity contribution >= 4 is 29.8 Å².